The SMILES string of the molecule is Cc1ccc(-c2ccn(-c3ccc4c(cnn4CCN4CCCC4)c3)c(=O)c2)c(Cl)c1. The summed E-state index contributed by atoms with van der Waals surface area (Å²) in [4.78, 5) is 15.4. The van der Waals surface area contributed by atoms with Crippen LogP contribution in [0.5, 0.6) is 0 Å². The van der Waals surface area contributed by atoms with E-state index in [1.807, 2.05) is 55.7 Å². The lowest BCUT2D eigenvalue weighted by Gasteiger charge is -2.14. The smallest absolute Gasteiger partial charge is 0.255 e. The van der Waals surface area contributed by atoms with Gasteiger partial charge < -0.3 is 4.90 Å². The highest BCUT2D eigenvalue weighted by Gasteiger charge is 2.13. The molecule has 6 heteroatoms. The molecule has 0 unspecified atom stereocenters. The van der Waals surface area contributed by atoms with Crippen LogP contribution in [0.2, 0.25) is 5.02 Å². The lowest BCUT2D eigenvalue weighted by Crippen LogP contribution is -2.24. The van der Waals surface area contributed by atoms with Gasteiger partial charge >= 0.3 is 0 Å². The first-order chi connectivity index (χ1) is 15.1. The molecule has 0 saturated carbocycles. The molecule has 1 aliphatic rings. The molecular formula is C25H25ClN4O. The maximum atomic E-state index is 12.9. The number of halogens is 1. The molecule has 5 rings (SSSR count). The van der Waals surface area contributed by atoms with Crippen LogP contribution in [0.1, 0.15) is 18.4 Å². The van der Waals surface area contributed by atoms with Gasteiger partial charge in [0.15, 0.2) is 0 Å². The van der Waals surface area contributed by atoms with E-state index in [2.05, 4.69) is 20.7 Å². The molecule has 5 nitrogen and oxygen atoms in total. The minimum atomic E-state index is -0.0880. The lowest BCUT2D eigenvalue weighted by molar-refractivity contribution is 0.318. The van der Waals surface area contributed by atoms with Gasteiger partial charge in [-0.3, -0.25) is 14.0 Å². The number of likely N-dealkylation sites (tertiary alicyclic amines) is 1. The van der Waals surface area contributed by atoms with Gasteiger partial charge in [-0.25, -0.2) is 0 Å². The number of benzene rings is 2. The Bertz CT molecular complexity index is 1300. The van der Waals surface area contributed by atoms with Crippen LogP contribution in [0.15, 0.2) is 65.7 Å². The fourth-order valence-electron chi connectivity index (χ4n) is 4.36. The number of fused-ring (bicyclic) bond motifs is 1. The van der Waals surface area contributed by atoms with Crippen LogP contribution < -0.4 is 5.56 Å². The van der Waals surface area contributed by atoms with Crippen molar-refractivity contribution in [2.75, 3.05) is 19.6 Å². The molecule has 0 N–H and O–H groups in total. The zero-order chi connectivity index (χ0) is 21.4. The summed E-state index contributed by atoms with van der Waals surface area (Å²) in [7, 11) is 0. The first kappa shape index (κ1) is 20.0. The second kappa shape index (κ2) is 8.33. The minimum Gasteiger partial charge on any atom is -0.301 e. The Morgan fingerprint density at radius 3 is 2.61 bits per heavy atom. The number of hydrogen-bond acceptors (Lipinski definition) is 3. The van der Waals surface area contributed by atoms with Crippen molar-refractivity contribution < 1.29 is 0 Å². The maximum absolute atomic E-state index is 12.9. The molecule has 2 aromatic heterocycles. The highest BCUT2D eigenvalue weighted by molar-refractivity contribution is 6.33. The van der Waals surface area contributed by atoms with E-state index in [-0.39, 0.29) is 5.56 Å². The molecule has 158 valence electrons. The van der Waals surface area contributed by atoms with Gasteiger partial charge in [-0.05, 0) is 74.3 Å². The summed E-state index contributed by atoms with van der Waals surface area (Å²) in [5.74, 6) is 0. The standard InChI is InChI=1S/C25H25ClN4O/c1-18-4-6-22(23(26)14-18)19-8-11-29(25(31)16-19)21-5-7-24-20(15-21)17-27-30(24)13-12-28-9-2-3-10-28/h4-8,11,14-17H,2-3,9-10,12-13H2,1H3. The van der Waals surface area contributed by atoms with E-state index in [0.717, 1.165) is 46.4 Å². The van der Waals surface area contributed by atoms with E-state index in [9.17, 15) is 4.79 Å². The summed E-state index contributed by atoms with van der Waals surface area (Å²) in [5, 5.41) is 6.26. The maximum Gasteiger partial charge on any atom is 0.255 e. The summed E-state index contributed by atoms with van der Waals surface area (Å²) >= 11 is 6.39. The van der Waals surface area contributed by atoms with Crippen molar-refractivity contribution in [2.24, 2.45) is 0 Å². The van der Waals surface area contributed by atoms with Crippen molar-refractivity contribution in [3.8, 4) is 16.8 Å². The number of aryl methyl sites for hydroxylation is 1. The largest absolute Gasteiger partial charge is 0.301 e. The number of aromatic nitrogens is 3. The monoisotopic (exact) mass is 432 g/mol. The molecule has 1 aliphatic heterocycles. The predicted molar refractivity (Wildman–Crippen MR) is 126 cm³/mol. The van der Waals surface area contributed by atoms with Gasteiger partial charge in [0.05, 0.1) is 18.3 Å². The molecule has 0 spiro atoms. The molecule has 0 aliphatic carbocycles. The molecule has 0 atom stereocenters. The lowest BCUT2D eigenvalue weighted by atomic mass is 10.1. The molecule has 0 radical (unpaired) electrons. The van der Waals surface area contributed by atoms with E-state index in [1.165, 1.54) is 25.9 Å². The quantitative estimate of drug-likeness (QED) is 0.450. The summed E-state index contributed by atoms with van der Waals surface area (Å²) < 4.78 is 3.72. The fourth-order valence-corrected chi connectivity index (χ4v) is 4.70. The Labute approximate surface area is 186 Å². The van der Waals surface area contributed by atoms with Crippen molar-refractivity contribution in [2.45, 2.75) is 26.3 Å². The van der Waals surface area contributed by atoms with Crippen LogP contribution >= 0.6 is 11.6 Å². The first-order valence-electron chi connectivity index (χ1n) is 10.8. The highest BCUT2D eigenvalue weighted by atomic mass is 35.5. The van der Waals surface area contributed by atoms with E-state index in [4.69, 9.17) is 11.6 Å². The van der Waals surface area contributed by atoms with Gasteiger partial charge in [-0.1, -0.05) is 23.7 Å². The molecule has 2 aromatic carbocycles. The Kier molecular flexibility index (Phi) is 5.38. The molecule has 0 bridgehead atoms. The van der Waals surface area contributed by atoms with Gasteiger partial charge in [-0.15, -0.1) is 0 Å². The second-order valence-electron chi connectivity index (χ2n) is 8.27. The molecule has 1 saturated heterocycles. The average molecular weight is 433 g/mol. The first-order valence-corrected chi connectivity index (χ1v) is 11.1. The van der Waals surface area contributed by atoms with Crippen LogP contribution in [0.4, 0.5) is 0 Å². The molecule has 4 aromatic rings. The van der Waals surface area contributed by atoms with E-state index in [0.29, 0.717) is 5.02 Å². The van der Waals surface area contributed by atoms with Gasteiger partial charge in [0, 0.05) is 40.5 Å². The number of rotatable bonds is 5. The van der Waals surface area contributed by atoms with E-state index < -0.39 is 0 Å². The Morgan fingerprint density at radius 1 is 1.00 bits per heavy atom. The van der Waals surface area contributed by atoms with Crippen LogP contribution in [0.3, 0.4) is 0 Å². The zero-order valence-corrected chi connectivity index (χ0v) is 18.3. The van der Waals surface area contributed by atoms with Crippen molar-refractivity contribution in [1.82, 2.24) is 19.2 Å². The third-order valence-corrected chi connectivity index (χ3v) is 6.40. The van der Waals surface area contributed by atoms with E-state index >= 15 is 0 Å². The fraction of sp³-hybridized carbons (Fsp3) is 0.280. The molecule has 31 heavy (non-hydrogen) atoms. The Morgan fingerprint density at radius 2 is 1.84 bits per heavy atom. The predicted octanol–water partition coefficient (Wildman–Crippen LogP) is 4.91. The van der Waals surface area contributed by atoms with Gasteiger partial charge in [-0.2, -0.15) is 5.10 Å². The summed E-state index contributed by atoms with van der Waals surface area (Å²) in [6.07, 6.45) is 6.29. The van der Waals surface area contributed by atoms with E-state index in [1.54, 1.807) is 10.6 Å². The normalized spacial score (nSPS) is 14.5. The van der Waals surface area contributed by atoms with Crippen molar-refractivity contribution in [3.63, 3.8) is 0 Å². The molecule has 1 fully saturated rings. The second-order valence-corrected chi connectivity index (χ2v) is 8.67. The Hall–Kier alpha value is -2.89. The van der Waals surface area contributed by atoms with Gasteiger partial charge in [0.1, 0.15) is 0 Å². The van der Waals surface area contributed by atoms with Crippen LogP contribution in [-0.4, -0.2) is 38.9 Å². The zero-order valence-electron chi connectivity index (χ0n) is 17.6. The van der Waals surface area contributed by atoms with Crippen molar-refractivity contribution in [1.29, 1.82) is 0 Å². The average Bonchev–Trinajstić information content (AvgIpc) is 3.41. The molecular weight excluding hydrogens is 408 g/mol. The van der Waals surface area contributed by atoms with Crippen LogP contribution in [0, 0.1) is 6.92 Å². The molecule has 0 amide bonds. The highest BCUT2D eigenvalue weighted by Crippen LogP contribution is 2.28. The minimum absolute atomic E-state index is 0.0880. The van der Waals surface area contributed by atoms with Crippen LogP contribution in [0.25, 0.3) is 27.7 Å². The topological polar surface area (TPSA) is 43.1 Å². The molecule has 3 heterocycles. The summed E-state index contributed by atoms with van der Waals surface area (Å²) in [6.45, 7) is 6.29. The third-order valence-electron chi connectivity index (χ3n) is 6.09. The number of hydrogen-bond donors (Lipinski definition) is 0. The summed E-state index contributed by atoms with van der Waals surface area (Å²) in [5.41, 5.74) is 4.62. The van der Waals surface area contributed by atoms with Crippen LogP contribution in [-0.2, 0) is 6.54 Å². The number of nitrogens with zero attached hydrogens (tertiary/aromatic N) is 4. The summed E-state index contributed by atoms with van der Waals surface area (Å²) in [6, 6.07) is 15.5. The third kappa shape index (κ3) is 4.03. The van der Waals surface area contributed by atoms with Gasteiger partial charge in [0.2, 0.25) is 0 Å². The van der Waals surface area contributed by atoms with Crippen molar-refractivity contribution in [3.05, 3.63) is 81.9 Å². The van der Waals surface area contributed by atoms with Crippen molar-refractivity contribution >= 4 is 22.5 Å². The Balaban J connectivity index is 1.42. The number of pyridine rings is 1. The van der Waals surface area contributed by atoms with Gasteiger partial charge in [0.25, 0.3) is 5.56 Å².